The summed E-state index contributed by atoms with van der Waals surface area (Å²) >= 11 is 28.9. The molecule has 0 aromatic heterocycles. The number of para-hydroxylation sites is 2. The highest BCUT2D eigenvalue weighted by molar-refractivity contribution is 7.80. The van der Waals surface area contributed by atoms with E-state index in [1.54, 1.807) is 18.2 Å². The van der Waals surface area contributed by atoms with Gasteiger partial charge in [0.25, 0.3) is 11.6 Å². The van der Waals surface area contributed by atoms with E-state index >= 15 is 0 Å². The molecule has 0 spiro atoms. The molecule has 12 heteroatoms. The van der Waals surface area contributed by atoms with Crippen LogP contribution in [0, 0.1) is 10.1 Å². The Kier molecular flexibility index (Phi) is 7.68. The van der Waals surface area contributed by atoms with Crippen LogP contribution in [-0.2, 0) is 0 Å². The van der Waals surface area contributed by atoms with Crippen molar-refractivity contribution in [2.24, 2.45) is 0 Å². The van der Waals surface area contributed by atoms with Gasteiger partial charge in [0.2, 0.25) is 3.79 Å². The van der Waals surface area contributed by atoms with Crippen LogP contribution >= 0.6 is 58.6 Å². The first-order chi connectivity index (χ1) is 13.1. The Bertz CT molecular complexity index is 907. The number of nitrogens with one attached hydrogen (secondary N) is 3. The average Bonchev–Trinajstić information content (AvgIpc) is 2.60. The minimum atomic E-state index is -1.99. The second-order valence-corrected chi connectivity index (χ2v) is 8.49. The third kappa shape index (κ3) is 6.08. The fraction of sp³-hybridized carbons (Fsp3) is 0.125. The van der Waals surface area contributed by atoms with Crippen molar-refractivity contribution in [3.05, 3.63) is 69.2 Å². The fourth-order valence-corrected chi connectivity index (χ4v) is 2.86. The summed E-state index contributed by atoms with van der Waals surface area (Å²) in [4.78, 5) is 23.0. The van der Waals surface area contributed by atoms with E-state index in [0.29, 0.717) is 0 Å². The molecule has 28 heavy (non-hydrogen) atoms. The average molecular weight is 482 g/mol. The van der Waals surface area contributed by atoms with Gasteiger partial charge in [-0.05, 0) is 30.4 Å². The lowest BCUT2D eigenvalue weighted by molar-refractivity contribution is -0.383. The van der Waals surface area contributed by atoms with Gasteiger partial charge in [-0.25, -0.2) is 0 Å². The molecule has 2 rings (SSSR count). The number of carbonyl (C=O) groups excluding carboxylic acids is 1. The Morgan fingerprint density at radius 3 is 2.29 bits per heavy atom. The largest absolute Gasteiger partial charge is 0.339 e. The maximum absolute atomic E-state index is 12.4. The van der Waals surface area contributed by atoms with E-state index < -0.39 is 20.8 Å². The normalized spacial score (nSPS) is 12.0. The molecule has 0 saturated heterocycles. The van der Waals surface area contributed by atoms with Crippen LogP contribution in [0.4, 0.5) is 11.4 Å². The smallest absolute Gasteiger partial charge is 0.292 e. The molecule has 0 heterocycles. The molecule has 0 unspecified atom stereocenters. The lowest BCUT2D eigenvalue weighted by Crippen LogP contribution is -2.56. The van der Waals surface area contributed by atoms with Crippen LogP contribution in [0.15, 0.2) is 48.5 Å². The number of alkyl halides is 3. The summed E-state index contributed by atoms with van der Waals surface area (Å²) in [6.07, 6.45) is -1.26. The molecule has 2 aromatic rings. The second-order valence-electron chi connectivity index (χ2n) is 5.30. The molecule has 0 aliphatic rings. The van der Waals surface area contributed by atoms with Gasteiger partial charge < -0.3 is 16.0 Å². The monoisotopic (exact) mass is 480 g/mol. The zero-order chi connectivity index (χ0) is 20.9. The maximum Gasteiger partial charge on any atom is 0.292 e. The topological polar surface area (TPSA) is 96.3 Å². The van der Waals surface area contributed by atoms with Crippen molar-refractivity contribution in [2.45, 2.75) is 9.96 Å². The third-order valence-corrected chi connectivity index (χ3v) is 4.55. The number of carbonyl (C=O) groups is 1. The number of nitro groups is 1. The second kappa shape index (κ2) is 9.58. The summed E-state index contributed by atoms with van der Waals surface area (Å²) in [6.45, 7) is 0. The molecule has 148 valence electrons. The highest BCUT2D eigenvalue weighted by Gasteiger charge is 2.35. The van der Waals surface area contributed by atoms with E-state index in [0.717, 1.165) is 0 Å². The predicted molar refractivity (Wildman–Crippen MR) is 115 cm³/mol. The number of anilines is 1. The number of benzene rings is 2. The van der Waals surface area contributed by atoms with Crippen molar-refractivity contribution in [1.29, 1.82) is 0 Å². The molecule has 1 amide bonds. The van der Waals surface area contributed by atoms with Crippen LogP contribution in [0.25, 0.3) is 0 Å². The highest BCUT2D eigenvalue weighted by atomic mass is 35.6. The van der Waals surface area contributed by atoms with E-state index in [1.165, 1.54) is 30.3 Å². The van der Waals surface area contributed by atoms with Crippen molar-refractivity contribution in [3.8, 4) is 0 Å². The Morgan fingerprint density at radius 1 is 1.07 bits per heavy atom. The van der Waals surface area contributed by atoms with Crippen molar-refractivity contribution in [1.82, 2.24) is 10.6 Å². The van der Waals surface area contributed by atoms with E-state index in [4.69, 9.17) is 58.6 Å². The minimum Gasteiger partial charge on any atom is -0.339 e. The van der Waals surface area contributed by atoms with Crippen molar-refractivity contribution in [3.63, 3.8) is 0 Å². The molecular weight excluding hydrogens is 470 g/mol. The SMILES string of the molecule is O=C(N[C@H](NC(=S)Nc1ccccc1[N+](=O)[O-])C(Cl)(Cl)Cl)c1ccccc1Cl. The molecule has 3 N–H and O–H groups in total. The number of rotatable bonds is 5. The Labute approximate surface area is 185 Å². The first kappa shape index (κ1) is 22.4. The van der Waals surface area contributed by atoms with Gasteiger partial charge in [-0.3, -0.25) is 14.9 Å². The van der Waals surface area contributed by atoms with Crippen molar-refractivity contribution in [2.75, 3.05) is 5.32 Å². The van der Waals surface area contributed by atoms with Gasteiger partial charge in [-0.2, -0.15) is 0 Å². The van der Waals surface area contributed by atoms with Gasteiger partial charge in [-0.15, -0.1) is 0 Å². The molecule has 0 aliphatic carbocycles. The van der Waals surface area contributed by atoms with E-state index in [9.17, 15) is 14.9 Å². The molecule has 7 nitrogen and oxygen atoms in total. The molecular formula is C16H12Cl4N4O3S. The fourth-order valence-electron chi connectivity index (χ4n) is 2.08. The van der Waals surface area contributed by atoms with Crippen molar-refractivity contribution < 1.29 is 9.72 Å². The van der Waals surface area contributed by atoms with Crippen LogP contribution in [0.1, 0.15) is 10.4 Å². The zero-order valence-electron chi connectivity index (χ0n) is 13.8. The summed E-state index contributed by atoms with van der Waals surface area (Å²) in [5.74, 6) is -0.608. The number of halogens is 4. The molecule has 1 atom stereocenters. The number of nitrogens with zero attached hydrogens (tertiary/aromatic N) is 1. The van der Waals surface area contributed by atoms with Crippen LogP contribution in [0.3, 0.4) is 0 Å². The number of amides is 1. The third-order valence-electron chi connectivity index (χ3n) is 3.35. The summed E-state index contributed by atoms with van der Waals surface area (Å²) in [6, 6.07) is 12.2. The Balaban J connectivity index is 2.15. The molecule has 0 fully saturated rings. The van der Waals surface area contributed by atoms with Gasteiger partial charge in [-0.1, -0.05) is 70.7 Å². The number of hydrogen-bond donors (Lipinski definition) is 3. The van der Waals surface area contributed by atoms with E-state index in [1.807, 2.05) is 0 Å². The lowest BCUT2D eigenvalue weighted by atomic mass is 10.2. The van der Waals surface area contributed by atoms with Gasteiger partial charge in [0.1, 0.15) is 11.9 Å². The van der Waals surface area contributed by atoms with E-state index in [2.05, 4.69) is 16.0 Å². The molecule has 2 aromatic carbocycles. The number of hydrogen-bond acceptors (Lipinski definition) is 4. The summed E-state index contributed by atoms with van der Waals surface area (Å²) < 4.78 is -1.99. The highest BCUT2D eigenvalue weighted by Crippen LogP contribution is 2.30. The lowest BCUT2D eigenvalue weighted by Gasteiger charge is -2.27. The van der Waals surface area contributed by atoms with Crippen molar-refractivity contribution >= 4 is 81.0 Å². The first-order valence-corrected chi connectivity index (χ1v) is 9.44. The molecule has 0 bridgehead atoms. The maximum atomic E-state index is 12.4. The van der Waals surface area contributed by atoms with Gasteiger partial charge in [0.05, 0.1) is 15.5 Å². The molecule has 0 radical (unpaired) electrons. The summed E-state index contributed by atoms with van der Waals surface area (Å²) in [5.41, 5.74) is 0.102. The number of nitro benzene ring substituents is 1. The Morgan fingerprint density at radius 2 is 1.68 bits per heavy atom. The summed E-state index contributed by atoms with van der Waals surface area (Å²) in [5, 5.41) is 18.9. The standard InChI is InChI=1S/C16H12Cl4N4O3S/c17-10-6-2-1-5-9(10)13(25)22-14(16(18,19)20)23-15(28)21-11-7-3-4-8-12(11)24(26)27/h1-8,14H,(H,22,25)(H2,21,23,28)/t14-/m1/s1. The quantitative estimate of drug-likeness (QED) is 0.189. The zero-order valence-corrected chi connectivity index (χ0v) is 17.6. The van der Waals surface area contributed by atoms with Crippen LogP contribution in [0.5, 0.6) is 0 Å². The first-order valence-electron chi connectivity index (χ1n) is 7.52. The molecule has 0 saturated carbocycles. The van der Waals surface area contributed by atoms with Crippen LogP contribution < -0.4 is 16.0 Å². The van der Waals surface area contributed by atoms with E-state index in [-0.39, 0.29) is 27.1 Å². The predicted octanol–water partition coefficient (Wildman–Crippen LogP) is 4.66. The van der Waals surface area contributed by atoms with Gasteiger partial charge in [0, 0.05) is 6.07 Å². The van der Waals surface area contributed by atoms with Crippen LogP contribution in [0.2, 0.25) is 5.02 Å². The van der Waals surface area contributed by atoms with Gasteiger partial charge in [0.15, 0.2) is 5.11 Å². The summed E-state index contributed by atoms with van der Waals surface area (Å²) in [7, 11) is 0. The van der Waals surface area contributed by atoms with Crippen LogP contribution in [-0.4, -0.2) is 25.9 Å². The number of thiocarbonyl (C=S) groups is 1. The minimum absolute atomic E-state index is 0.106. The molecule has 0 aliphatic heterocycles. The van der Waals surface area contributed by atoms with Gasteiger partial charge >= 0.3 is 0 Å². The Hall–Kier alpha value is -1.84.